The van der Waals surface area contributed by atoms with Gasteiger partial charge >= 0.3 is 0 Å². The van der Waals surface area contributed by atoms with E-state index in [2.05, 4.69) is 15.3 Å². The molecule has 0 aliphatic carbocycles. The van der Waals surface area contributed by atoms with Gasteiger partial charge in [0.2, 0.25) is 5.91 Å². The number of nitrogens with one attached hydrogen (secondary N) is 1. The maximum Gasteiger partial charge on any atom is 0.220 e. The normalized spacial score (nSPS) is 10.2. The van der Waals surface area contributed by atoms with Gasteiger partial charge in [0.05, 0.1) is 12.2 Å². The molecule has 0 atom stereocenters. The predicted octanol–water partition coefficient (Wildman–Crippen LogP) is 2.23. The molecule has 4 nitrogen and oxygen atoms in total. The van der Waals surface area contributed by atoms with E-state index in [4.69, 9.17) is 0 Å². The minimum atomic E-state index is 0.0449. The number of nitrogens with zero attached hydrogens (tertiary/aromatic N) is 2. The number of hydrogen-bond donors (Lipinski definition) is 1. The Morgan fingerprint density at radius 2 is 2.18 bits per heavy atom. The number of hydrogen-bond acceptors (Lipinski definition) is 4. The zero-order chi connectivity index (χ0) is 12.1. The van der Waals surface area contributed by atoms with Crippen molar-refractivity contribution in [1.29, 1.82) is 0 Å². The highest BCUT2D eigenvalue weighted by Gasteiger charge is 2.05. The first-order chi connectivity index (χ1) is 8.29. The summed E-state index contributed by atoms with van der Waals surface area (Å²) in [5.41, 5.74) is 1.95. The molecular formula is C12H13N3OS. The summed E-state index contributed by atoms with van der Waals surface area (Å²) >= 11 is 1.57. The lowest BCUT2D eigenvalue weighted by molar-refractivity contribution is -0.120. The topological polar surface area (TPSA) is 54.9 Å². The van der Waals surface area contributed by atoms with Gasteiger partial charge in [-0.25, -0.2) is 4.98 Å². The van der Waals surface area contributed by atoms with Crippen molar-refractivity contribution in [2.24, 2.45) is 0 Å². The molecule has 0 radical (unpaired) electrons. The molecule has 0 fully saturated rings. The van der Waals surface area contributed by atoms with Crippen LogP contribution in [-0.2, 0) is 11.3 Å². The van der Waals surface area contributed by atoms with Crippen LogP contribution < -0.4 is 5.32 Å². The van der Waals surface area contributed by atoms with E-state index in [1.54, 1.807) is 23.7 Å². The van der Waals surface area contributed by atoms with Crippen molar-refractivity contribution in [1.82, 2.24) is 15.3 Å². The lowest BCUT2D eigenvalue weighted by atomic mass is 10.3. The Morgan fingerprint density at radius 1 is 1.41 bits per heavy atom. The van der Waals surface area contributed by atoms with Crippen LogP contribution in [0, 0.1) is 0 Å². The molecule has 0 saturated carbocycles. The zero-order valence-electron chi connectivity index (χ0n) is 9.51. The first-order valence-electron chi connectivity index (χ1n) is 5.41. The quantitative estimate of drug-likeness (QED) is 0.901. The Morgan fingerprint density at radius 3 is 2.88 bits per heavy atom. The third kappa shape index (κ3) is 3.10. The van der Waals surface area contributed by atoms with Crippen LogP contribution in [0.1, 0.15) is 19.0 Å². The summed E-state index contributed by atoms with van der Waals surface area (Å²) in [4.78, 5) is 19.5. The van der Waals surface area contributed by atoms with Crippen LogP contribution in [-0.4, -0.2) is 15.9 Å². The third-order valence-corrected chi connectivity index (χ3v) is 3.21. The summed E-state index contributed by atoms with van der Waals surface area (Å²) in [5, 5.41) is 5.72. The molecule has 0 bridgehead atoms. The molecule has 5 heteroatoms. The number of rotatable bonds is 4. The second kappa shape index (κ2) is 5.54. The maximum atomic E-state index is 11.1. The highest BCUT2D eigenvalue weighted by molar-refractivity contribution is 7.13. The minimum absolute atomic E-state index is 0.0449. The fourth-order valence-electron chi connectivity index (χ4n) is 1.33. The lowest BCUT2D eigenvalue weighted by Crippen LogP contribution is -2.21. The summed E-state index contributed by atoms with van der Waals surface area (Å²) in [6.45, 7) is 2.33. The highest BCUT2D eigenvalue weighted by Crippen LogP contribution is 2.22. The Bertz CT molecular complexity index is 495. The van der Waals surface area contributed by atoms with Gasteiger partial charge in [-0.1, -0.05) is 6.92 Å². The van der Waals surface area contributed by atoms with Crippen molar-refractivity contribution >= 4 is 17.2 Å². The summed E-state index contributed by atoms with van der Waals surface area (Å²) in [7, 11) is 0. The number of amides is 1. The van der Waals surface area contributed by atoms with Gasteiger partial charge < -0.3 is 5.32 Å². The van der Waals surface area contributed by atoms with E-state index in [0.29, 0.717) is 13.0 Å². The van der Waals surface area contributed by atoms with Gasteiger partial charge in [0.15, 0.2) is 0 Å². The third-order valence-electron chi connectivity index (χ3n) is 2.27. The van der Waals surface area contributed by atoms with Crippen LogP contribution in [0.5, 0.6) is 0 Å². The Hall–Kier alpha value is -1.75. The zero-order valence-corrected chi connectivity index (χ0v) is 10.3. The molecule has 0 aromatic carbocycles. The van der Waals surface area contributed by atoms with Gasteiger partial charge in [0, 0.05) is 29.8 Å². The Kier molecular flexibility index (Phi) is 3.82. The molecule has 0 spiro atoms. The summed E-state index contributed by atoms with van der Waals surface area (Å²) in [6.07, 6.45) is 3.99. The van der Waals surface area contributed by atoms with Crippen molar-refractivity contribution in [2.45, 2.75) is 19.9 Å². The molecule has 1 amide bonds. The van der Waals surface area contributed by atoms with E-state index < -0.39 is 0 Å². The SMILES string of the molecule is CCC(=O)NCc1csc(-c2ccncc2)n1. The summed E-state index contributed by atoms with van der Waals surface area (Å²) in [6, 6.07) is 3.85. The molecule has 88 valence electrons. The molecule has 0 saturated heterocycles. The molecule has 1 N–H and O–H groups in total. The number of carbonyl (C=O) groups is 1. The van der Waals surface area contributed by atoms with Gasteiger partial charge in [-0.15, -0.1) is 11.3 Å². The first-order valence-corrected chi connectivity index (χ1v) is 6.29. The van der Waals surface area contributed by atoms with Crippen LogP contribution in [0.2, 0.25) is 0 Å². The standard InChI is InChI=1S/C12H13N3OS/c1-2-11(16)14-7-10-8-17-12(15-10)9-3-5-13-6-4-9/h3-6,8H,2,7H2,1H3,(H,14,16). The monoisotopic (exact) mass is 247 g/mol. The van der Waals surface area contributed by atoms with Crippen molar-refractivity contribution in [2.75, 3.05) is 0 Å². The second-order valence-electron chi connectivity index (χ2n) is 3.51. The first kappa shape index (κ1) is 11.7. The fourth-order valence-corrected chi connectivity index (χ4v) is 2.16. The van der Waals surface area contributed by atoms with Crippen molar-refractivity contribution in [3.8, 4) is 10.6 Å². The number of carbonyl (C=O) groups excluding carboxylic acids is 1. The van der Waals surface area contributed by atoms with E-state index >= 15 is 0 Å². The molecule has 2 aromatic rings. The van der Waals surface area contributed by atoms with Crippen molar-refractivity contribution < 1.29 is 4.79 Å². The second-order valence-corrected chi connectivity index (χ2v) is 4.37. The number of pyridine rings is 1. The maximum absolute atomic E-state index is 11.1. The van der Waals surface area contributed by atoms with E-state index in [1.807, 2.05) is 24.4 Å². The minimum Gasteiger partial charge on any atom is -0.350 e. The van der Waals surface area contributed by atoms with Crippen LogP contribution >= 0.6 is 11.3 Å². The largest absolute Gasteiger partial charge is 0.350 e. The van der Waals surface area contributed by atoms with Gasteiger partial charge in [-0.3, -0.25) is 9.78 Å². The van der Waals surface area contributed by atoms with Crippen LogP contribution in [0.15, 0.2) is 29.9 Å². The van der Waals surface area contributed by atoms with E-state index in [0.717, 1.165) is 16.3 Å². The Labute approximate surface area is 104 Å². The van der Waals surface area contributed by atoms with Crippen molar-refractivity contribution in [3.05, 3.63) is 35.6 Å². The lowest BCUT2D eigenvalue weighted by Gasteiger charge is -1.99. The van der Waals surface area contributed by atoms with Gasteiger partial charge in [-0.2, -0.15) is 0 Å². The van der Waals surface area contributed by atoms with Crippen molar-refractivity contribution in [3.63, 3.8) is 0 Å². The molecule has 0 aliphatic rings. The van der Waals surface area contributed by atoms with Crippen LogP contribution in [0.3, 0.4) is 0 Å². The van der Waals surface area contributed by atoms with Crippen LogP contribution in [0.4, 0.5) is 0 Å². The van der Waals surface area contributed by atoms with Gasteiger partial charge in [-0.05, 0) is 12.1 Å². The molecule has 0 aliphatic heterocycles. The average Bonchev–Trinajstić information content (AvgIpc) is 2.86. The molecule has 0 unspecified atom stereocenters. The van der Waals surface area contributed by atoms with E-state index in [-0.39, 0.29) is 5.91 Å². The van der Waals surface area contributed by atoms with Crippen LogP contribution in [0.25, 0.3) is 10.6 Å². The number of aromatic nitrogens is 2. The summed E-state index contributed by atoms with van der Waals surface area (Å²) in [5.74, 6) is 0.0449. The molecular weight excluding hydrogens is 234 g/mol. The van der Waals surface area contributed by atoms with Gasteiger partial charge in [0.25, 0.3) is 0 Å². The molecule has 2 aromatic heterocycles. The number of thiazole rings is 1. The van der Waals surface area contributed by atoms with E-state index in [9.17, 15) is 4.79 Å². The predicted molar refractivity (Wildman–Crippen MR) is 67.5 cm³/mol. The highest BCUT2D eigenvalue weighted by atomic mass is 32.1. The molecule has 2 heterocycles. The average molecular weight is 247 g/mol. The Balaban J connectivity index is 2.04. The molecule has 2 rings (SSSR count). The van der Waals surface area contributed by atoms with Gasteiger partial charge in [0.1, 0.15) is 5.01 Å². The summed E-state index contributed by atoms with van der Waals surface area (Å²) < 4.78 is 0. The smallest absolute Gasteiger partial charge is 0.220 e. The molecule has 17 heavy (non-hydrogen) atoms. The fraction of sp³-hybridized carbons (Fsp3) is 0.250. The van der Waals surface area contributed by atoms with E-state index in [1.165, 1.54) is 0 Å².